The number of carbonyl (C=O) groups is 1. The summed E-state index contributed by atoms with van der Waals surface area (Å²) < 4.78 is 5.91. The van der Waals surface area contributed by atoms with Gasteiger partial charge in [0, 0.05) is 5.69 Å². The highest BCUT2D eigenvalue weighted by Gasteiger charge is 2.29. The predicted molar refractivity (Wildman–Crippen MR) is 109 cm³/mol. The molecule has 0 unspecified atom stereocenters. The number of hydrogen-bond donors (Lipinski definition) is 3. The van der Waals surface area contributed by atoms with Crippen molar-refractivity contribution in [3.8, 4) is 0 Å². The highest BCUT2D eigenvalue weighted by atomic mass is 16.5. The Balaban J connectivity index is 1.45. The highest BCUT2D eigenvalue weighted by Crippen LogP contribution is 2.28. The number of para-hydroxylation sites is 1. The maximum Gasteiger partial charge on any atom is 0.323 e. The van der Waals surface area contributed by atoms with Gasteiger partial charge in [0.1, 0.15) is 0 Å². The van der Waals surface area contributed by atoms with Crippen LogP contribution >= 0.6 is 0 Å². The molecule has 3 aromatic rings. The second-order valence-electron chi connectivity index (χ2n) is 6.30. The van der Waals surface area contributed by atoms with Crippen LogP contribution in [-0.4, -0.2) is 18.3 Å². The topological polar surface area (TPSA) is 74.8 Å². The molecule has 0 spiro atoms. The lowest BCUT2D eigenvalue weighted by atomic mass is 9.91. The number of hydrazone groups is 1. The summed E-state index contributed by atoms with van der Waals surface area (Å²) in [6.45, 7) is 0. The predicted octanol–water partition coefficient (Wildman–Crippen LogP) is 3.86. The average molecular weight is 372 g/mol. The van der Waals surface area contributed by atoms with Crippen molar-refractivity contribution in [2.45, 2.75) is 12.3 Å². The van der Waals surface area contributed by atoms with Crippen molar-refractivity contribution >= 4 is 17.6 Å². The molecule has 0 fully saturated rings. The van der Waals surface area contributed by atoms with E-state index in [0.717, 1.165) is 11.1 Å². The van der Waals surface area contributed by atoms with Crippen molar-refractivity contribution < 1.29 is 9.53 Å². The molecule has 0 aliphatic carbocycles. The Morgan fingerprint density at radius 2 is 1.39 bits per heavy atom. The van der Waals surface area contributed by atoms with Crippen molar-refractivity contribution in [1.82, 2.24) is 10.7 Å². The lowest BCUT2D eigenvalue weighted by Crippen LogP contribution is -2.44. The fraction of sp³-hybridized carbons (Fsp3) is 0.0909. The van der Waals surface area contributed by atoms with E-state index in [0.29, 0.717) is 11.6 Å². The van der Waals surface area contributed by atoms with Crippen molar-refractivity contribution in [3.63, 3.8) is 0 Å². The SMILES string of the molecule is O=C(Nc1ccccc1)N[C@@H]1NN=C(C(c2ccccc2)c2ccccc2)O1. The second kappa shape index (κ2) is 8.26. The minimum Gasteiger partial charge on any atom is -0.435 e. The molecule has 1 aliphatic heterocycles. The van der Waals surface area contributed by atoms with E-state index in [9.17, 15) is 4.79 Å². The van der Waals surface area contributed by atoms with E-state index in [1.807, 2.05) is 91.0 Å². The monoisotopic (exact) mass is 372 g/mol. The zero-order valence-electron chi connectivity index (χ0n) is 15.1. The molecule has 6 heteroatoms. The van der Waals surface area contributed by atoms with E-state index in [2.05, 4.69) is 21.2 Å². The van der Waals surface area contributed by atoms with Crippen LogP contribution in [0.15, 0.2) is 96.1 Å². The Bertz CT molecular complexity index is 907. The van der Waals surface area contributed by atoms with Crippen molar-refractivity contribution in [3.05, 3.63) is 102 Å². The molecule has 1 heterocycles. The van der Waals surface area contributed by atoms with Gasteiger partial charge in [-0.1, -0.05) is 78.9 Å². The van der Waals surface area contributed by atoms with Crippen LogP contribution in [-0.2, 0) is 4.74 Å². The Morgan fingerprint density at radius 3 is 1.96 bits per heavy atom. The number of benzene rings is 3. The van der Waals surface area contributed by atoms with Gasteiger partial charge in [0.2, 0.25) is 5.90 Å². The smallest absolute Gasteiger partial charge is 0.323 e. The molecule has 2 amide bonds. The zero-order valence-corrected chi connectivity index (χ0v) is 15.1. The molecule has 4 rings (SSSR count). The first-order chi connectivity index (χ1) is 13.8. The van der Waals surface area contributed by atoms with Gasteiger partial charge in [-0.05, 0) is 23.3 Å². The van der Waals surface area contributed by atoms with Crippen molar-refractivity contribution in [2.75, 3.05) is 5.32 Å². The standard InChI is InChI=1S/C22H20N4O2/c27-21(23-18-14-8-3-9-15-18)24-22-26-25-20(28-22)19(16-10-4-1-5-11-16)17-12-6-2-7-13-17/h1-15,19,22,26H,(H2,23,24,27)/t22-/m1/s1. The average Bonchev–Trinajstić information content (AvgIpc) is 3.18. The maximum atomic E-state index is 12.2. The lowest BCUT2D eigenvalue weighted by molar-refractivity contribution is 0.150. The summed E-state index contributed by atoms with van der Waals surface area (Å²) in [4.78, 5) is 12.2. The molecule has 0 saturated heterocycles. The van der Waals surface area contributed by atoms with Crippen LogP contribution in [0.1, 0.15) is 17.0 Å². The number of nitrogens with zero attached hydrogens (tertiary/aromatic N) is 1. The van der Waals surface area contributed by atoms with Crippen LogP contribution in [0.2, 0.25) is 0 Å². The number of amides is 2. The fourth-order valence-electron chi connectivity index (χ4n) is 3.07. The van der Waals surface area contributed by atoms with Crippen molar-refractivity contribution in [1.29, 1.82) is 0 Å². The maximum absolute atomic E-state index is 12.2. The van der Waals surface area contributed by atoms with Gasteiger partial charge in [0.25, 0.3) is 6.35 Å². The molecule has 3 aromatic carbocycles. The second-order valence-corrected chi connectivity index (χ2v) is 6.30. The van der Waals surface area contributed by atoms with E-state index in [1.165, 1.54) is 0 Å². The quantitative estimate of drug-likeness (QED) is 0.637. The Morgan fingerprint density at radius 1 is 0.857 bits per heavy atom. The summed E-state index contributed by atoms with van der Waals surface area (Å²) in [7, 11) is 0. The van der Waals surface area contributed by atoms with E-state index < -0.39 is 6.35 Å². The summed E-state index contributed by atoms with van der Waals surface area (Å²) in [6.07, 6.45) is -0.742. The minimum atomic E-state index is -0.742. The molecule has 1 aliphatic rings. The van der Waals surface area contributed by atoms with Crippen molar-refractivity contribution in [2.24, 2.45) is 5.10 Å². The van der Waals surface area contributed by atoms with Gasteiger partial charge < -0.3 is 10.1 Å². The molecule has 0 bridgehead atoms. The van der Waals surface area contributed by atoms with E-state index >= 15 is 0 Å². The van der Waals surface area contributed by atoms with Crippen LogP contribution in [0.25, 0.3) is 0 Å². The Hall–Kier alpha value is -3.80. The zero-order chi connectivity index (χ0) is 19.2. The number of urea groups is 1. The lowest BCUT2D eigenvalue weighted by Gasteiger charge is -2.19. The number of nitrogens with one attached hydrogen (secondary N) is 3. The molecule has 6 nitrogen and oxygen atoms in total. The van der Waals surface area contributed by atoms with Gasteiger partial charge in [-0.3, -0.25) is 10.7 Å². The summed E-state index contributed by atoms with van der Waals surface area (Å²) in [6, 6.07) is 28.8. The molecular weight excluding hydrogens is 352 g/mol. The molecule has 0 saturated carbocycles. The Labute approximate surface area is 163 Å². The largest absolute Gasteiger partial charge is 0.435 e. The van der Waals surface area contributed by atoms with Crippen LogP contribution in [0.4, 0.5) is 10.5 Å². The first-order valence-electron chi connectivity index (χ1n) is 9.02. The first-order valence-corrected chi connectivity index (χ1v) is 9.02. The van der Waals surface area contributed by atoms with Gasteiger partial charge >= 0.3 is 6.03 Å². The molecule has 140 valence electrons. The summed E-state index contributed by atoms with van der Waals surface area (Å²) >= 11 is 0. The third kappa shape index (κ3) is 4.12. The number of anilines is 1. The van der Waals surface area contributed by atoms with Crippen LogP contribution in [0, 0.1) is 0 Å². The molecule has 3 N–H and O–H groups in total. The summed E-state index contributed by atoms with van der Waals surface area (Å²) in [5.41, 5.74) is 5.65. The van der Waals surface area contributed by atoms with E-state index in [-0.39, 0.29) is 11.9 Å². The third-order valence-electron chi connectivity index (χ3n) is 4.34. The Kier molecular flexibility index (Phi) is 5.20. The number of hydrogen-bond acceptors (Lipinski definition) is 4. The normalized spacial score (nSPS) is 15.3. The van der Waals surface area contributed by atoms with Gasteiger partial charge in [0.05, 0.1) is 5.92 Å². The van der Waals surface area contributed by atoms with E-state index in [4.69, 9.17) is 4.74 Å². The van der Waals surface area contributed by atoms with Gasteiger partial charge in [-0.2, -0.15) is 0 Å². The number of rotatable bonds is 5. The van der Waals surface area contributed by atoms with Crippen LogP contribution < -0.4 is 16.1 Å². The number of ether oxygens (including phenoxy) is 1. The van der Waals surface area contributed by atoms with E-state index in [1.54, 1.807) is 0 Å². The molecular formula is C22H20N4O2. The first kappa shape index (κ1) is 17.6. The van der Waals surface area contributed by atoms with Gasteiger partial charge in [-0.15, -0.1) is 5.10 Å². The number of carbonyl (C=O) groups excluding carboxylic acids is 1. The molecule has 0 radical (unpaired) electrons. The van der Waals surface area contributed by atoms with Crippen LogP contribution in [0.5, 0.6) is 0 Å². The summed E-state index contributed by atoms with van der Waals surface area (Å²) in [5.74, 6) is 0.335. The molecule has 1 atom stereocenters. The van der Waals surface area contributed by atoms with Crippen LogP contribution in [0.3, 0.4) is 0 Å². The molecule has 28 heavy (non-hydrogen) atoms. The molecule has 0 aromatic heterocycles. The highest BCUT2D eigenvalue weighted by molar-refractivity contribution is 5.91. The summed E-state index contributed by atoms with van der Waals surface area (Å²) in [5, 5.41) is 9.80. The van der Waals surface area contributed by atoms with Gasteiger partial charge in [-0.25, -0.2) is 4.79 Å². The fourth-order valence-corrected chi connectivity index (χ4v) is 3.07. The minimum absolute atomic E-state index is 0.168. The van der Waals surface area contributed by atoms with Gasteiger partial charge in [0.15, 0.2) is 0 Å². The third-order valence-corrected chi connectivity index (χ3v) is 4.34.